The van der Waals surface area contributed by atoms with Crippen LogP contribution in [0.3, 0.4) is 0 Å². The van der Waals surface area contributed by atoms with Gasteiger partial charge in [0.1, 0.15) is 0 Å². The molecule has 0 bridgehead atoms. The van der Waals surface area contributed by atoms with Gasteiger partial charge in [-0.05, 0) is 65.6 Å². The lowest BCUT2D eigenvalue weighted by Crippen LogP contribution is -2.35. The first-order chi connectivity index (χ1) is 13.2. The normalized spacial score (nSPS) is 15.5. The number of aliphatic hydroxyl groups is 1. The Bertz CT molecular complexity index is 967. The summed E-state index contributed by atoms with van der Waals surface area (Å²) in [6.07, 6.45) is 4.93. The highest BCUT2D eigenvalue weighted by molar-refractivity contribution is 6.07. The number of carbonyl (C=O) groups excluding carboxylic acids is 1. The Morgan fingerprint density at radius 3 is 2.37 bits per heavy atom. The summed E-state index contributed by atoms with van der Waals surface area (Å²) in [7, 11) is 0. The van der Waals surface area contributed by atoms with Gasteiger partial charge in [0.15, 0.2) is 5.78 Å². The number of piperidine rings is 1. The van der Waals surface area contributed by atoms with Crippen LogP contribution in [0.15, 0.2) is 72.8 Å². The molecule has 0 unspecified atom stereocenters. The first kappa shape index (κ1) is 17.5. The molecule has 0 radical (unpaired) electrons. The Morgan fingerprint density at radius 1 is 0.926 bits per heavy atom. The fraction of sp³-hybridized carbons (Fsp3) is 0.208. The average molecular weight is 357 g/mol. The minimum absolute atomic E-state index is 0.00350. The van der Waals surface area contributed by atoms with Gasteiger partial charge in [0.05, 0.1) is 6.10 Å². The number of rotatable bonds is 4. The Labute approximate surface area is 159 Å². The first-order valence-electron chi connectivity index (χ1n) is 9.43. The summed E-state index contributed by atoms with van der Waals surface area (Å²) in [4.78, 5) is 14.7. The largest absolute Gasteiger partial charge is 0.393 e. The van der Waals surface area contributed by atoms with Crippen LogP contribution in [0.4, 0.5) is 5.69 Å². The monoisotopic (exact) mass is 357 g/mol. The number of allylic oxidation sites excluding steroid dienone is 1. The van der Waals surface area contributed by atoms with Gasteiger partial charge >= 0.3 is 0 Å². The third-order valence-corrected chi connectivity index (χ3v) is 5.18. The number of ketones is 1. The molecule has 1 fully saturated rings. The summed E-state index contributed by atoms with van der Waals surface area (Å²) >= 11 is 0. The van der Waals surface area contributed by atoms with Crippen molar-refractivity contribution in [2.24, 2.45) is 0 Å². The second kappa shape index (κ2) is 7.77. The van der Waals surface area contributed by atoms with Crippen molar-refractivity contribution in [1.82, 2.24) is 0 Å². The molecule has 3 aromatic rings. The zero-order valence-electron chi connectivity index (χ0n) is 15.2. The predicted molar refractivity (Wildman–Crippen MR) is 111 cm³/mol. The summed E-state index contributed by atoms with van der Waals surface area (Å²) in [5.74, 6) is 0.00350. The van der Waals surface area contributed by atoms with Crippen LogP contribution in [-0.4, -0.2) is 30.1 Å². The van der Waals surface area contributed by atoms with Gasteiger partial charge in [-0.1, -0.05) is 42.5 Å². The summed E-state index contributed by atoms with van der Waals surface area (Å²) in [6.45, 7) is 1.71. The Balaban J connectivity index is 1.45. The quantitative estimate of drug-likeness (QED) is 0.544. The van der Waals surface area contributed by atoms with E-state index in [9.17, 15) is 9.90 Å². The molecule has 1 heterocycles. The van der Waals surface area contributed by atoms with Gasteiger partial charge < -0.3 is 10.0 Å². The fourth-order valence-corrected chi connectivity index (χ4v) is 3.54. The lowest BCUT2D eigenvalue weighted by atomic mass is 10.0. The number of hydrogen-bond acceptors (Lipinski definition) is 3. The van der Waals surface area contributed by atoms with Crippen molar-refractivity contribution in [3.8, 4) is 0 Å². The summed E-state index contributed by atoms with van der Waals surface area (Å²) < 4.78 is 0. The minimum Gasteiger partial charge on any atom is -0.393 e. The molecule has 0 atom stereocenters. The van der Waals surface area contributed by atoms with Gasteiger partial charge in [0.2, 0.25) is 0 Å². The van der Waals surface area contributed by atoms with E-state index in [-0.39, 0.29) is 11.9 Å². The number of aliphatic hydroxyl groups excluding tert-OH is 1. The SMILES string of the molecule is O=C(C=Cc1ccc2ccccc2c1)c1ccc(N2CCC(O)CC2)cc1. The smallest absolute Gasteiger partial charge is 0.185 e. The van der Waals surface area contributed by atoms with Gasteiger partial charge in [-0.3, -0.25) is 4.79 Å². The van der Waals surface area contributed by atoms with Gasteiger partial charge in [-0.2, -0.15) is 0 Å². The summed E-state index contributed by atoms with van der Waals surface area (Å²) in [5.41, 5.74) is 2.82. The minimum atomic E-state index is -0.178. The molecular weight excluding hydrogens is 334 g/mol. The van der Waals surface area contributed by atoms with Gasteiger partial charge in [-0.25, -0.2) is 0 Å². The standard InChI is InChI=1S/C24H23NO2/c26-23-13-15-25(16-14-23)22-10-8-20(9-11-22)24(27)12-6-18-5-7-19-3-1-2-4-21(19)17-18/h1-12,17,23,26H,13-16H2. The van der Waals surface area contributed by atoms with E-state index in [2.05, 4.69) is 29.2 Å². The molecule has 1 saturated heterocycles. The highest BCUT2D eigenvalue weighted by Gasteiger charge is 2.17. The molecule has 3 heteroatoms. The van der Waals surface area contributed by atoms with Gasteiger partial charge in [0, 0.05) is 24.3 Å². The maximum absolute atomic E-state index is 12.5. The molecule has 0 amide bonds. The van der Waals surface area contributed by atoms with Crippen LogP contribution in [0.2, 0.25) is 0 Å². The van der Waals surface area contributed by atoms with Crippen LogP contribution >= 0.6 is 0 Å². The molecule has 0 aliphatic carbocycles. The Morgan fingerprint density at radius 2 is 1.63 bits per heavy atom. The van der Waals surface area contributed by atoms with Crippen molar-refractivity contribution in [2.45, 2.75) is 18.9 Å². The topological polar surface area (TPSA) is 40.5 Å². The van der Waals surface area contributed by atoms with E-state index >= 15 is 0 Å². The number of hydrogen-bond donors (Lipinski definition) is 1. The average Bonchev–Trinajstić information content (AvgIpc) is 2.72. The molecule has 0 spiro atoms. The number of fused-ring (bicyclic) bond motifs is 1. The van der Waals surface area contributed by atoms with Gasteiger partial charge in [-0.15, -0.1) is 0 Å². The molecule has 1 aliphatic rings. The zero-order valence-corrected chi connectivity index (χ0v) is 15.2. The lowest BCUT2D eigenvalue weighted by molar-refractivity contribution is 0.104. The number of nitrogens with zero attached hydrogens (tertiary/aromatic N) is 1. The van der Waals surface area contributed by atoms with Crippen molar-refractivity contribution >= 4 is 28.3 Å². The van der Waals surface area contributed by atoms with Crippen LogP contribution in [-0.2, 0) is 0 Å². The molecule has 27 heavy (non-hydrogen) atoms. The van der Waals surface area contributed by atoms with E-state index in [1.165, 1.54) is 10.8 Å². The maximum Gasteiger partial charge on any atom is 0.185 e. The van der Waals surface area contributed by atoms with Crippen LogP contribution in [0.1, 0.15) is 28.8 Å². The van der Waals surface area contributed by atoms with Crippen molar-refractivity contribution in [1.29, 1.82) is 0 Å². The van der Waals surface area contributed by atoms with E-state index in [0.29, 0.717) is 5.56 Å². The second-order valence-electron chi connectivity index (χ2n) is 7.07. The number of benzene rings is 3. The van der Waals surface area contributed by atoms with Crippen LogP contribution in [0.5, 0.6) is 0 Å². The Hall–Kier alpha value is -2.91. The Kier molecular flexibility index (Phi) is 5.03. The highest BCUT2D eigenvalue weighted by Crippen LogP contribution is 2.21. The lowest BCUT2D eigenvalue weighted by Gasteiger charge is -2.31. The van der Waals surface area contributed by atoms with E-state index in [1.807, 2.05) is 48.5 Å². The number of anilines is 1. The molecule has 0 saturated carbocycles. The summed E-state index contributed by atoms with van der Waals surface area (Å²) in [5, 5.41) is 12.0. The highest BCUT2D eigenvalue weighted by atomic mass is 16.3. The molecule has 3 aromatic carbocycles. The second-order valence-corrected chi connectivity index (χ2v) is 7.07. The molecular formula is C24H23NO2. The molecule has 136 valence electrons. The maximum atomic E-state index is 12.5. The van der Waals surface area contributed by atoms with Crippen molar-refractivity contribution in [2.75, 3.05) is 18.0 Å². The van der Waals surface area contributed by atoms with E-state index in [4.69, 9.17) is 0 Å². The van der Waals surface area contributed by atoms with Crippen molar-refractivity contribution in [3.63, 3.8) is 0 Å². The third kappa shape index (κ3) is 4.09. The van der Waals surface area contributed by atoms with Crippen LogP contribution < -0.4 is 4.90 Å². The molecule has 3 nitrogen and oxygen atoms in total. The first-order valence-corrected chi connectivity index (χ1v) is 9.43. The third-order valence-electron chi connectivity index (χ3n) is 5.18. The van der Waals surface area contributed by atoms with Crippen LogP contribution in [0.25, 0.3) is 16.8 Å². The van der Waals surface area contributed by atoms with E-state index in [0.717, 1.165) is 37.2 Å². The van der Waals surface area contributed by atoms with Gasteiger partial charge in [0.25, 0.3) is 0 Å². The zero-order chi connectivity index (χ0) is 18.6. The van der Waals surface area contributed by atoms with E-state index < -0.39 is 0 Å². The number of carbonyl (C=O) groups is 1. The summed E-state index contributed by atoms with van der Waals surface area (Å²) in [6, 6.07) is 22.1. The molecule has 1 N–H and O–H groups in total. The van der Waals surface area contributed by atoms with Crippen molar-refractivity contribution < 1.29 is 9.90 Å². The predicted octanol–water partition coefficient (Wildman–Crippen LogP) is 4.70. The van der Waals surface area contributed by atoms with Crippen molar-refractivity contribution in [3.05, 3.63) is 83.9 Å². The fourth-order valence-electron chi connectivity index (χ4n) is 3.54. The van der Waals surface area contributed by atoms with E-state index in [1.54, 1.807) is 6.08 Å². The molecule has 1 aliphatic heterocycles. The molecule has 4 rings (SSSR count). The molecule has 0 aromatic heterocycles. The van der Waals surface area contributed by atoms with Crippen LogP contribution in [0, 0.1) is 0 Å².